The number of hydrogen-bond acceptors (Lipinski definition) is 16. The Morgan fingerprint density at radius 1 is 1.23 bits per heavy atom. The number of nitrogen functional groups attached to an aromatic ring is 1. The lowest BCUT2D eigenvalue weighted by Crippen LogP contribution is -2.74. The number of urea groups is 1. The second kappa shape index (κ2) is 12.9. The normalized spacial score (nSPS) is 16.7. The van der Waals surface area contributed by atoms with Gasteiger partial charge in [0.2, 0.25) is 11.0 Å². The topological polar surface area (TPSA) is 331 Å². The monoisotopic (exact) mass is 699 g/mol. The smallest absolute Gasteiger partial charge is 0.362 e. The van der Waals surface area contributed by atoms with Gasteiger partial charge >= 0.3 is 22.3 Å². The van der Waals surface area contributed by atoms with Gasteiger partial charge in [0.05, 0.1) is 18.8 Å². The third-order valence-electron chi connectivity index (χ3n) is 6.29. The van der Waals surface area contributed by atoms with Crippen LogP contribution in [0.5, 0.6) is 5.75 Å². The Bertz CT molecular complexity index is 1930. The number of aliphatic carboxylic acids is 1. The molecule has 1 aliphatic heterocycles. The van der Waals surface area contributed by atoms with Crippen molar-refractivity contribution in [3.05, 3.63) is 45.4 Å². The minimum atomic E-state index is -5.15. The van der Waals surface area contributed by atoms with E-state index in [0.29, 0.717) is 4.73 Å². The summed E-state index contributed by atoms with van der Waals surface area (Å²) in [6.07, 6.45) is 0.741. The predicted octanol–water partition coefficient (Wildman–Crippen LogP) is -1.93. The van der Waals surface area contributed by atoms with Crippen LogP contribution >= 0.6 is 11.3 Å². The number of anilines is 1. The SMILES string of the molecule is CC(C)(O/N=C(\C(=O)N[C@@H]1C(=O)N(S(=O)(=O)O)[C@@H]1CNC(=O)NCc1cc(-c2cc(=O)c(O)cn2O)no1)c1csc(N)n1)C(=O)O. The number of β-lactam (4-membered cyclic amide) rings is 1. The summed E-state index contributed by atoms with van der Waals surface area (Å²) in [4.78, 5) is 70.2. The number of rotatable bonds is 12. The molecule has 4 amide bonds. The molecule has 3 aromatic heterocycles. The van der Waals surface area contributed by atoms with Crippen LogP contribution in [0.2, 0.25) is 0 Å². The lowest BCUT2D eigenvalue weighted by molar-refractivity contribution is -0.161. The standard InChI is InChI=1S/C23H25N9O13S2/c1-23(2,20(37)38)45-30-16(11-8-46-21(24)27-11)18(35)28-17-13(32(19(17)36)47(41,42)43)6-26-22(39)25-5-9-3-10(29-44-9)12-4-14(33)15(34)7-31(12)40/h3-4,7-8,13,17,34,40H,5-6H2,1-2H3,(H2,24,27)(H,28,35)(H,37,38)(H2,25,26,39)(H,41,42,43)/b30-16-/t13-,17+/m1/s1. The Labute approximate surface area is 266 Å². The molecular weight excluding hydrogens is 674 g/mol. The van der Waals surface area contributed by atoms with Gasteiger partial charge in [0.25, 0.3) is 11.8 Å². The number of carboxylic acids is 1. The largest absolute Gasteiger partial charge is 0.503 e. The van der Waals surface area contributed by atoms with Crippen LogP contribution in [0.1, 0.15) is 25.3 Å². The van der Waals surface area contributed by atoms with E-state index in [1.807, 2.05) is 0 Å². The summed E-state index contributed by atoms with van der Waals surface area (Å²) in [5.41, 5.74) is 1.96. The molecule has 1 aliphatic rings. The number of nitrogens with zero attached hydrogens (tertiary/aromatic N) is 5. The van der Waals surface area contributed by atoms with Crippen molar-refractivity contribution in [3.63, 3.8) is 0 Å². The van der Waals surface area contributed by atoms with Crippen LogP contribution in [0.4, 0.5) is 9.93 Å². The van der Waals surface area contributed by atoms with E-state index in [4.69, 9.17) is 15.1 Å². The molecule has 0 unspecified atom stereocenters. The van der Waals surface area contributed by atoms with Gasteiger partial charge in [0.15, 0.2) is 22.4 Å². The van der Waals surface area contributed by atoms with Crippen LogP contribution in [0, 0.1) is 0 Å². The van der Waals surface area contributed by atoms with Crippen molar-refractivity contribution in [2.45, 2.75) is 38.1 Å². The molecule has 2 atom stereocenters. The fourth-order valence-electron chi connectivity index (χ4n) is 3.82. The molecule has 0 bridgehead atoms. The maximum atomic E-state index is 13.2. The predicted molar refractivity (Wildman–Crippen MR) is 155 cm³/mol. The fourth-order valence-corrected chi connectivity index (χ4v) is 5.25. The van der Waals surface area contributed by atoms with Crippen LogP contribution in [0.15, 0.2) is 38.2 Å². The van der Waals surface area contributed by atoms with Crippen LogP contribution < -0.4 is 27.1 Å². The summed E-state index contributed by atoms with van der Waals surface area (Å²) < 4.78 is 38.8. The third kappa shape index (κ3) is 7.56. The molecular formula is C23H25N9O13S2. The average Bonchev–Trinajstić information content (AvgIpc) is 3.62. The number of aromatic hydroxyl groups is 1. The van der Waals surface area contributed by atoms with Crippen LogP contribution in [0.3, 0.4) is 0 Å². The van der Waals surface area contributed by atoms with Gasteiger partial charge in [-0.15, -0.1) is 11.3 Å². The zero-order chi connectivity index (χ0) is 34.8. The Morgan fingerprint density at radius 2 is 1.94 bits per heavy atom. The zero-order valence-corrected chi connectivity index (χ0v) is 25.6. The highest BCUT2D eigenvalue weighted by Crippen LogP contribution is 2.24. The van der Waals surface area contributed by atoms with Crippen molar-refractivity contribution in [1.82, 2.24) is 35.1 Å². The summed E-state index contributed by atoms with van der Waals surface area (Å²) in [5.74, 6) is -4.56. The summed E-state index contributed by atoms with van der Waals surface area (Å²) in [6.45, 7) is 1.33. The highest BCUT2D eigenvalue weighted by atomic mass is 32.2. The number of aromatic nitrogens is 3. The molecule has 0 aliphatic carbocycles. The minimum Gasteiger partial charge on any atom is -0.503 e. The molecule has 0 aromatic carbocycles. The first kappa shape index (κ1) is 34.1. The number of thiazole rings is 1. The van der Waals surface area contributed by atoms with Gasteiger partial charge in [-0.2, -0.15) is 13.1 Å². The van der Waals surface area contributed by atoms with E-state index in [2.05, 4.69) is 31.2 Å². The first-order valence-electron chi connectivity index (χ1n) is 12.8. The molecule has 47 heavy (non-hydrogen) atoms. The number of nitrogens with two attached hydrogens (primary N) is 1. The van der Waals surface area contributed by atoms with Crippen molar-refractivity contribution in [3.8, 4) is 17.1 Å². The number of amides is 4. The molecule has 9 N–H and O–H groups in total. The summed E-state index contributed by atoms with van der Waals surface area (Å²) in [7, 11) is -5.15. The van der Waals surface area contributed by atoms with Gasteiger partial charge in [-0.05, 0) is 13.8 Å². The number of oxime groups is 1. The molecule has 4 rings (SSSR count). The first-order chi connectivity index (χ1) is 21.9. The molecule has 4 heterocycles. The van der Waals surface area contributed by atoms with Gasteiger partial charge in [-0.3, -0.25) is 18.9 Å². The molecule has 0 radical (unpaired) electrons. The lowest BCUT2D eigenvalue weighted by atomic mass is 9.98. The first-order valence-corrected chi connectivity index (χ1v) is 15.1. The lowest BCUT2D eigenvalue weighted by Gasteiger charge is -2.44. The van der Waals surface area contributed by atoms with Crippen molar-refractivity contribution in [2.24, 2.45) is 5.16 Å². The Balaban J connectivity index is 1.43. The Hall–Kier alpha value is -5.75. The van der Waals surface area contributed by atoms with Gasteiger partial charge < -0.3 is 46.5 Å². The number of nitrogens with one attached hydrogen (secondary N) is 3. The number of carbonyl (C=O) groups excluding carboxylic acids is 3. The van der Waals surface area contributed by atoms with Crippen molar-refractivity contribution in [2.75, 3.05) is 12.3 Å². The van der Waals surface area contributed by atoms with Gasteiger partial charge in [0.1, 0.15) is 23.1 Å². The van der Waals surface area contributed by atoms with E-state index in [-0.39, 0.29) is 38.8 Å². The van der Waals surface area contributed by atoms with Crippen LogP contribution in [0.25, 0.3) is 11.4 Å². The second-order valence-corrected chi connectivity index (χ2v) is 12.2. The van der Waals surface area contributed by atoms with E-state index in [1.165, 1.54) is 11.4 Å². The van der Waals surface area contributed by atoms with Crippen LogP contribution in [-0.4, -0.2) is 101 Å². The van der Waals surface area contributed by atoms with Gasteiger partial charge in [-0.1, -0.05) is 10.3 Å². The average molecular weight is 700 g/mol. The Kier molecular flexibility index (Phi) is 9.39. The molecule has 0 spiro atoms. The summed E-state index contributed by atoms with van der Waals surface area (Å²) >= 11 is 0.897. The minimum absolute atomic E-state index is 0.00102. The molecule has 3 aromatic rings. The van der Waals surface area contributed by atoms with Gasteiger partial charge in [-0.25, -0.2) is 18.9 Å². The fraction of sp³-hybridized carbons (Fsp3) is 0.304. The maximum absolute atomic E-state index is 13.2. The van der Waals surface area contributed by atoms with Crippen molar-refractivity contribution < 1.29 is 56.9 Å². The van der Waals surface area contributed by atoms with Crippen molar-refractivity contribution >= 4 is 56.3 Å². The molecule has 1 saturated heterocycles. The van der Waals surface area contributed by atoms with Crippen LogP contribution in [-0.2, 0) is 36.1 Å². The van der Waals surface area contributed by atoms with Crippen molar-refractivity contribution in [1.29, 1.82) is 0 Å². The van der Waals surface area contributed by atoms with E-state index >= 15 is 0 Å². The second-order valence-electron chi connectivity index (χ2n) is 10.0. The third-order valence-corrected chi connectivity index (χ3v) is 7.91. The Morgan fingerprint density at radius 3 is 2.55 bits per heavy atom. The number of hydrogen-bond donors (Lipinski definition) is 8. The molecule has 252 valence electrons. The molecule has 0 saturated carbocycles. The highest BCUT2D eigenvalue weighted by molar-refractivity contribution is 7.84. The van der Waals surface area contributed by atoms with E-state index in [1.54, 1.807) is 0 Å². The van der Waals surface area contributed by atoms with E-state index < -0.39 is 75.2 Å². The maximum Gasteiger partial charge on any atom is 0.362 e. The van der Waals surface area contributed by atoms with Gasteiger partial charge in [0, 0.05) is 24.1 Å². The van der Waals surface area contributed by atoms with E-state index in [0.717, 1.165) is 37.4 Å². The number of pyridine rings is 1. The molecule has 1 fully saturated rings. The highest BCUT2D eigenvalue weighted by Gasteiger charge is 2.54. The molecule has 24 heteroatoms. The summed E-state index contributed by atoms with van der Waals surface area (Å²) in [5, 5.41) is 43.9. The van der Waals surface area contributed by atoms with E-state index in [9.17, 15) is 52.4 Å². The quantitative estimate of drug-likeness (QED) is 0.0335. The zero-order valence-electron chi connectivity index (χ0n) is 24.0. The number of carbonyl (C=O) groups is 4. The molecule has 22 nitrogen and oxygen atoms in total. The number of carboxylic acid groups (broad SMARTS) is 1. The summed E-state index contributed by atoms with van der Waals surface area (Å²) in [6, 6.07) is -1.98.